The molecule has 0 spiro atoms. The predicted octanol–water partition coefficient (Wildman–Crippen LogP) is -2.72. The molecule has 0 radical (unpaired) electrons. The molecule has 5 N–H and O–H groups in total. The van der Waals surface area contributed by atoms with E-state index in [1.807, 2.05) is 0 Å². The SMILES string of the molecule is OC[C@@H](O)[C@@H]1CNC[C@H](O)[C@@H]1O. The molecule has 0 aromatic carbocycles. The van der Waals surface area contributed by atoms with Crippen LogP contribution in [0, 0.1) is 5.92 Å². The summed E-state index contributed by atoms with van der Waals surface area (Å²) in [7, 11) is 0. The Morgan fingerprint density at radius 2 is 2.00 bits per heavy atom. The molecule has 4 atom stereocenters. The van der Waals surface area contributed by atoms with E-state index < -0.39 is 30.8 Å². The molecule has 1 aliphatic rings. The number of aliphatic hydroxyl groups is 4. The first-order valence-corrected chi connectivity index (χ1v) is 4.02. The van der Waals surface area contributed by atoms with Crippen LogP contribution in [0.2, 0.25) is 0 Å². The average Bonchev–Trinajstić information content (AvgIpc) is 2.08. The van der Waals surface area contributed by atoms with Crippen LogP contribution in [0.25, 0.3) is 0 Å². The Hall–Kier alpha value is -0.200. The highest BCUT2D eigenvalue weighted by Gasteiger charge is 2.34. The molecule has 5 heteroatoms. The van der Waals surface area contributed by atoms with Crippen LogP contribution in [-0.2, 0) is 0 Å². The molecule has 1 saturated heterocycles. The topological polar surface area (TPSA) is 93.0 Å². The van der Waals surface area contributed by atoms with Gasteiger partial charge in [-0.25, -0.2) is 0 Å². The Morgan fingerprint density at radius 1 is 1.33 bits per heavy atom. The van der Waals surface area contributed by atoms with E-state index in [0.29, 0.717) is 13.1 Å². The first kappa shape index (κ1) is 9.88. The van der Waals surface area contributed by atoms with Crippen molar-refractivity contribution in [2.24, 2.45) is 5.92 Å². The quantitative estimate of drug-likeness (QED) is 0.316. The molecule has 0 unspecified atom stereocenters. The summed E-state index contributed by atoms with van der Waals surface area (Å²) in [6.07, 6.45) is -2.78. The summed E-state index contributed by atoms with van der Waals surface area (Å²) in [5.41, 5.74) is 0. The molecule has 1 fully saturated rings. The summed E-state index contributed by atoms with van der Waals surface area (Å²) in [5.74, 6) is -0.487. The number of rotatable bonds is 2. The molecule has 12 heavy (non-hydrogen) atoms. The van der Waals surface area contributed by atoms with Crippen LogP contribution in [0.1, 0.15) is 0 Å². The van der Waals surface area contributed by atoms with Gasteiger partial charge in [0.05, 0.1) is 24.9 Å². The summed E-state index contributed by atoms with van der Waals surface area (Å²) in [6.45, 7) is 0.353. The second kappa shape index (κ2) is 4.15. The number of nitrogens with one attached hydrogen (secondary N) is 1. The molecule has 0 aromatic heterocycles. The number of piperidine rings is 1. The summed E-state index contributed by atoms with van der Waals surface area (Å²) >= 11 is 0. The number of hydrogen-bond acceptors (Lipinski definition) is 5. The highest BCUT2D eigenvalue weighted by Crippen LogP contribution is 2.15. The fraction of sp³-hybridized carbons (Fsp3) is 1.00. The van der Waals surface area contributed by atoms with E-state index in [0.717, 1.165) is 0 Å². The summed E-state index contributed by atoms with van der Waals surface area (Å²) < 4.78 is 0. The maximum atomic E-state index is 9.38. The molecular weight excluding hydrogens is 162 g/mol. The zero-order valence-corrected chi connectivity index (χ0v) is 6.72. The zero-order chi connectivity index (χ0) is 9.14. The molecule has 0 aliphatic carbocycles. The first-order valence-electron chi connectivity index (χ1n) is 4.02. The summed E-state index contributed by atoms with van der Waals surface area (Å²) in [5, 5.41) is 39.2. The van der Waals surface area contributed by atoms with Crippen LogP contribution >= 0.6 is 0 Å². The van der Waals surface area contributed by atoms with Crippen LogP contribution in [0.4, 0.5) is 0 Å². The molecule has 0 amide bonds. The van der Waals surface area contributed by atoms with Crippen molar-refractivity contribution < 1.29 is 20.4 Å². The van der Waals surface area contributed by atoms with E-state index in [2.05, 4.69) is 5.32 Å². The highest BCUT2D eigenvalue weighted by molar-refractivity contribution is 4.87. The van der Waals surface area contributed by atoms with E-state index in [4.69, 9.17) is 5.11 Å². The van der Waals surface area contributed by atoms with E-state index in [9.17, 15) is 15.3 Å². The Bertz CT molecular complexity index is 143. The van der Waals surface area contributed by atoms with Crippen molar-refractivity contribution in [3.05, 3.63) is 0 Å². The van der Waals surface area contributed by atoms with Gasteiger partial charge in [0.2, 0.25) is 0 Å². The van der Waals surface area contributed by atoms with Crippen LogP contribution < -0.4 is 5.32 Å². The van der Waals surface area contributed by atoms with Gasteiger partial charge in [-0.05, 0) is 0 Å². The lowest BCUT2D eigenvalue weighted by atomic mass is 9.89. The summed E-state index contributed by atoms with van der Waals surface area (Å²) in [6, 6.07) is 0. The third kappa shape index (κ3) is 1.94. The third-order valence-electron chi connectivity index (χ3n) is 2.25. The van der Waals surface area contributed by atoms with Gasteiger partial charge in [0, 0.05) is 19.0 Å². The van der Waals surface area contributed by atoms with Gasteiger partial charge in [-0.15, -0.1) is 0 Å². The van der Waals surface area contributed by atoms with Gasteiger partial charge in [0.25, 0.3) is 0 Å². The second-order valence-electron chi connectivity index (χ2n) is 3.13. The van der Waals surface area contributed by atoms with Crippen molar-refractivity contribution in [2.75, 3.05) is 19.7 Å². The van der Waals surface area contributed by atoms with Gasteiger partial charge in [-0.3, -0.25) is 0 Å². The standard InChI is InChI=1S/C7H15NO4/c9-3-6(11)4-1-8-2-5(10)7(4)12/h4-12H,1-3H2/t4-,5-,6+,7+/m0/s1. The van der Waals surface area contributed by atoms with E-state index in [1.165, 1.54) is 0 Å². The maximum absolute atomic E-state index is 9.38. The Balaban J connectivity index is 2.51. The van der Waals surface area contributed by atoms with Crippen LogP contribution in [0.5, 0.6) is 0 Å². The number of hydrogen-bond donors (Lipinski definition) is 5. The first-order chi connectivity index (χ1) is 5.66. The molecule has 0 aromatic rings. The third-order valence-corrected chi connectivity index (χ3v) is 2.25. The Labute approximate surface area is 70.6 Å². The van der Waals surface area contributed by atoms with Gasteiger partial charge in [-0.2, -0.15) is 0 Å². The van der Waals surface area contributed by atoms with Gasteiger partial charge >= 0.3 is 0 Å². The lowest BCUT2D eigenvalue weighted by molar-refractivity contribution is -0.0842. The van der Waals surface area contributed by atoms with Crippen molar-refractivity contribution in [1.29, 1.82) is 0 Å². The van der Waals surface area contributed by atoms with Gasteiger partial charge < -0.3 is 25.7 Å². The predicted molar refractivity (Wildman–Crippen MR) is 41.5 cm³/mol. The number of β-amino-alcohol motifs (C(OH)–C–C–N with tert-alkyl or cyclic N) is 1. The molecule has 1 heterocycles. The Kier molecular flexibility index (Phi) is 3.42. The van der Waals surface area contributed by atoms with Crippen molar-refractivity contribution in [2.45, 2.75) is 18.3 Å². The van der Waals surface area contributed by atoms with Gasteiger partial charge in [0.15, 0.2) is 0 Å². The minimum Gasteiger partial charge on any atom is -0.394 e. The monoisotopic (exact) mass is 177 g/mol. The Morgan fingerprint density at radius 3 is 2.58 bits per heavy atom. The fourth-order valence-corrected chi connectivity index (χ4v) is 1.42. The molecule has 72 valence electrons. The highest BCUT2D eigenvalue weighted by atomic mass is 16.3. The van der Waals surface area contributed by atoms with Crippen LogP contribution in [0.15, 0.2) is 0 Å². The average molecular weight is 177 g/mol. The van der Waals surface area contributed by atoms with E-state index >= 15 is 0 Å². The van der Waals surface area contributed by atoms with Gasteiger partial charge in [-0.1, -0.05) is 0 Å². The lowest BCUT2D eigenvalue weighted by Crippen LogP contribution is -2.54. The second-order valence-corrected chi connectivity index (χ2v) is 3.13. The lowest BCUT2D eigenvalue weighted by Gasteiger charge is -2.34. The molecule has 5 nitrogen and oxygen atoms in total. The minimum atomic E-state index is -0.970. The van der Waals surface area contributed by atoms with E-state index in [-0.39, 0.29) is 0 Å². The van der Waals surface area contributed by atoms with Crippen molar-refractivity contribution >= 4 is 0 Å². The smallest absolute Gasteiger partial charge is 0.0927 e. The normalized spacial score (nSPS) is 39.5. The molecule has 1 rings (SSSR count). The molecule has 0 bridgehead atoms. The summed E-state index contributed by atoms with van der Waals surface area (Å²) in [4.78, 5) is 0. The minimum absolute atomic E-state index is 0.329. The molecular formula is C7H15NO4. The largest absolute Gasteiger partial charge is 0.394 e. The molecule has 1 aliphatic heterocycles. The van der Waals surface area contributed by atoms with Crippen molar-refractivity contribution in [3.63, 3.8) is 0 Å². The van der Waals surface area contributed by atoms with Crippen molar-refractivity contribution in [3.8, 4) is 0 Å². The van der Waals surface area contributed by atoms with Crippen molar-refractivity contribution in [1.82, 2.24) is 5.32 Å². The van der Waals surface area contributed by atoms with Gasteiger partial charge in [0.1, 0.15) is 0 Å². The van der Waals surface area contributed by atoms with Crippen LogP contribution in [-0.4, -0.2) is 58.4 Å². The number of aliphatic hydroxyl groups excluding tert-OH is 4. The van der Waals surface area contributed by atoms with E-state index in [1.54, 1.807) is 0 Å². The fourth-order valence-electron chi connectivity index (χ4n) is 1.42. The maximum Gasteiger partial charge on any atom is 0.0927 e. The van der Waals surface area contributed by atoms with Crippen LogP contribution in [0.3, 0.4) is 0 Å². The molecule has 0 saturated carbocycles. The zero-order valence-electron chi connectivity index (χ0n) is 6.72.